The lowest BCUT2D eigenvalue weighted by molar-refractivity contribution is 0.246. The summed E-state index contributed by atoms with van der Waals surface area (Å²) in [4.78, 5) is -0.213. The molecule has 1 aliphatic rings. The molecule has 0 atom stereocenters. The molecule has 0 heterocycles. The van der Waals surface area contributed by atoms with Crippen LogP contribution >= 0.6 is 34.8 Å². The van der Waals surface area contributed by atoms with Crippen LogP contribution in [0.2, 0.25) is 15.1 Å². The molecule has 1 fully saturated rings. The maximum Gasteiger partial charge on any atom is 0.244 e. The van der Waals surface area contributed by atoms with Crippen molar-refractivity contribution < 1.29 is 13.5 Å². The summed E-state index contributed by atoms with van der Waals surface area (Å²) in [7, 11) is -3.88. The Morgan fingerprint density at radius 2 is 1.72 bits per heavy atom. The summed E-state index contributed by atoms with van der Waals surface area (Å²) in [5.41, 5.74) is -0.773. The smallest absolute Gasteiger partial charge is 0.244 e. The zero-order valence-electron chi connectivity index (χ0n) is 9.08. The van der Waals surface area contributed by atoms with Gasteiger partial charge in [-0.3, -0.25) is 0 Å². The predicted molar refractivity (Wildman–Crippen MR) is 70.8 cm³/mol. The van der Waals surface area contributed by atoms with Crippen LogP contribution in [0, 0.1) is 0 Å². The number of aliphatic hydroxyl groups is 1. The van der Waals surface area contributed by atoms with E-state index >= 15 is 0 Å². The monoisotopic (exact) mass is 329 g/mol. The SMILES string of the molecule is O=S(=O)(NC1(CO)CC1)c1c(Cl)cc(Cl)cc1Cl. The van der Waals surface area contributed by atoms with Gasteiger partial charge in [0.2, 0.25) is 10.0 Å². The van der Waals surface area contributed by atoms with Crippen LogP contribution in [0.1, 0.15) is 12.8 Å². The molecule has 0 radical (unpaired) electrons. The van der Waals surface area contributed by atoms with Crippen LogP contribution in [0.15, 0.2) is 17.0 Å². The predicted octanol–water partition coefficient (Wildman–Crippen LogP) is 2.45. The van der Waals surface area contributed by atoms with Crippen LogP contribution in [0.5, 0.6) is 0 Å². The van der Waals surface area contributed by atoms with Gasteiger partial charge in [0, 0.05) is 5.02 Å². The number of rotatable bonds is 4. The van der Waals surface area contributed by atoms with Gasteiger partial charge in [0.1, 0.15) is 4.90 Å². The minimum atomic E-state index is -3.88. The van der Waals surface area contributed by atoms with Crippen molar-refractivity contribution in [1.82, 2.24) is 4.72 Å². The Bertz CT molecular complexity index is 561. The topological polar surface area (TPSA) is 66.4 Å². The Kier molecular flexibility index (Phi) is 3.84. The van der Waals surface area contributed by atoms with Crippen LogP contribution in [0.4, 0.5) is 0 Å². The molecule has 1 aromatic carbocycles. The van der Waals surface area contributed by atoms with E-state index in [1.165, 1.54) is 12.1 Å². The molecule has 100 valence electrons. The first-order valence-electron chi connectivity index (χ1n) is 5.09. The van der Waals surface area contributed by atoms with Gasteiger partial charge in [0.25, 0.3) is 0 Å². The van der Waals surface area contributed by atoms with E-state index in [2.05, 4.69) is 4.72 Å². The fourth-order valence-electron chi connectivity index (χ4n) is 1.57. The third kappa shape index (κ3) is 2.76. The molecule has 0 aliphatic heterocycles. The zero-order valence-corrected chi connectivity index (χ0v) is 12.2. The number of hydrogen-bond acceptors (Lipinski definition) is 3. The van der Waals surface area contributed by atoms with Crippen LogP contribution < -0.4 is 4.72 Å². The van der Waals surface area contributed by atoms with Gasteiger partial charge in [0.05, 0.1) is 22.2 Å². The molecule has 0 unspecified atom stereocenters. The summed E-state index contributed by atoms with van der Waals surface area (Å²) >= 11 is 17.4. The van der Waals surface area contributed by atoms with Gasteiger partial charge in [-0.15, -0.1) is 0 Å². The molecule has 8 heteroatoms. The van der Waals surface area contributed by atoms with Crippen molar-refractivity contribution in [1.29, 1.82) is 0 Å². The number of hydrogen-bond donors (Lipinski definition) is 2. The number of nitrogens with one attached hydrogen (secondary N) is 1. The molecule has 0 spiro atoms. The lowest BCUT2D eigenvalue weighted by atomic mass is 10.3. The highest BCUT2D eigenvalue weighted by atomic mass is 35.5. The molecule has 0 saturated heterocycles. The number of sulfonamides is 1. The summed E-state index contributed by atoms with van der Waals surface area (Å²) in [6, 6.07) is 2.62. The Balaban J connectivity index is 2.42. The molecule has 1 aromatic rings. The van der Waals surface area contributed by atoms with Crippen LogP contribution in [-0.2, 0) is 10.0 Å². The number of benzene rings is 1. The van der Waals surface area contributed by atoms with E-state index < -0.39 is 15.6 Å². The van der Waals surface area contributed by atoms with Crippen molar-refractivity contribution in [3.05, 3.63) is 27.2 Å². The molecule has 0 aromatic heterocycles. The van der Waals surface area contributed by atoms with Crippen LogP contribution in [0.25, 0.3) is 0 Å². The summed E-state index contributed by atoms with van der Waals surface area (Å²) < 4.78 is 26.8. The van der Waals surface area contributed by atoms with Gasteiger partial charge in [-0.05, 0) is 25.0 Å². The van der Waals surface area contributed by atoms with Crippen LogP contribution in [-0.4, -0.2) is 25.7 Å². The molecule has 0 amide bonds. The Labute approximate surface area is 120 Å². The summed E-state index contributed by atoms with van der Waals surface area (Å²) in [6.45, 7) is -0.255. The molecule has 18 heavy (non-hydrogen) atoms. The highest BCUT2D eigenvalue weighted by Gasteiger charge is 2.46. The maximum atomic E-state index is 12.2. The van der Waals surface area contributed by atoms with E-state index in [1.54, 1.807) is 0 Å². The second-order valence-corrected chi connectivity index (χ2v) is 7.11. The highest BCUT2D eigenvalue weighted by molar-refractivity contribution is 7.89. The van der Waals surface area contributed by atoms with Gasteiger partial charge in [0.15, 0.2) is 0 Å². The van der Waals surface area contributed by atoms with Crippen LogP contribution in [0.3, 0.4) is 0 Å². The first kappa shape index (κ1) is 14.4. The highest BCUT2D eigenvalue weighted by Crippen LogP contribution is 2.39. The zero-order chi connectivity index (χ0) is 13.6. The first-order valence-corrected chi connectivity index (χ1v) is 7.71. The normalized spacial score (nSPS) is 17.8. The molecular formula is C10H10Cl3NO3S. The van der Waals surface area contributed by atoms with Crippen molar-refractivity contribution in [2.75, 3.05) is 6.61 Å². The molecule has 1 aliphatic carbocycles. The summed E-state index contributed by atoms with van der Waals surface area (Å²) in [5, 5.41) is 9.30. The lowest BCUT2D eigenvalue weighted by Crippen LogP contribution is -2.39. The van der Waals surface area contributed by atoms with E-state index in [0.29, 0.717) is 12.8 Å². The first-order chi connectivity index (χ1) is 8.30. The van der Waals surface area contributed by atoms with E-state index in [-0.39, 0.29) is 26.6 Å². The number of halogens is 3. The molecule has 1 saturated carbocycles. The molecule has 2 N–H and O–H groups in total. The molecular weight excluding hydrogens is 321 g/mol. The maximum absolute atomic E-state index is 12.2. The molecule has 0 bridgehead atoms. The van der Waals surface area contributed by atoms with E-state index in [4.69, 9.17) is 39.9 Å². The fourth-order valence-corrected chi connectivity index (χ4v) is 4.56. The van der Waals surface area contributed by atoms with Gasteiger partial charge < -0.3 is 5.11 Å². The minimum Gasteiger partial charge on any atom is -0.394 e. The van der Waals surface area contributed by atoms with Gasteiger partial charge in [-0.2, -0.15) is 0 Å². The second kappa shape index (κ2) is 4.81. The quantitative estimate of drug-likeness (QED) is 0.891. The van der Waals surface area contributed by atoms with Gasteiger partial charge >= 0.3 is 0 Å². The lowest BCUT2D eigenvalue weighted by Gasteiger charge is -2.16. The van der Waals surface area contributed by atoms with E-state index in [1.807, 2.05) is 0 Å². The number of aliphatic hydroxyl groups excluding tert-OH is 1. The average molecular weight is 331 g/mol. The molecule has 2 rings (SSSR count). The fraction of sp³-hybridized carbons (Fsp3) is 0.400. The van der Waals surface area contributed by atoms with E-state index in [9.17, 15) is 8.42 Å². The van der Waals surface area contributed by atoms with Crippen molar-refractivity contribution in [2.45, 2.75) is 23.3 Å². The van der Waals surface area contributed by atoms with Gasteiger partial charge in [-0.25, -0.2) is 13.1 Å². The Morgan fingerprint density at radius 3 is 2.11 bits per heavy atom. The van der Waals surface area contributed by atoms with Crippen molar-refractivity contribution in [3.63, 3.8) is 0 Å². The van der Waals surface area contributed by atoms with Crippen molar-refractivity contribution >= 4 is 44.8 Å². The second-order valence-electron chi connectivity index (χ2n) is 4.24. The standard InChI is InChI=1S/C10H10Cl3NO3S/c11-6-3-7(12)9(8(13)4-6)18(16,17)14-10(5-15)1-2-10/h3-4,14-15H,1-2,5H2. The van der Waals surface area contributed by atoms with E-state index in [0.717, 1.165) is 0 Å². The molecule has 4 nitrogen and oxygen atoms in total. The average Bonchev–Trinajstić information content (AvgIpc) is 2.95. The third-order valence-electron chi connectivity index (χ3n) is 2.74. The van der Waals surface area contributed by atoms with Gasteiger partial charge in [-0.1, -0.05) is 34.8 Å². The largest absolute Gasteiger partial charge is 0.394 e. The summed E-state index contributed by atoms with van der Waals surface area (Å²) in [6.07, 6.45) is 1.18. The third-order valence-corrected chi connectivity index (χ3v) is 5.46. The summed E-state index contributed by atoms with van der Waals surface area (Å²) in [5.74, 6) is 0. The van der Waals surface area contributed by atoms with Crippen molar-refractivity contribution in [2.24, 2.45) is 0 Å². The minimum absolute atomic E-state index is 0.0475. The Morgan fingerprint density at radius 1 is 1.22 bits per heavy atom. The Hall–Kier alpha value is -0.0400. The van der Waals surface area contributed by atoms with Crippen molar-refractivity contribution in [3.8, 4) is 0 Å².